The maximum Gasteiger partial charge on any atom is 0.232 e. The lowest BCUT2D eigenvalue weighted by atomic mass is 10.3. The molecule has 0 bridgehead atoms. The molecule has 0 aliphatic heterocycles. The molecule has 0 aromatic carbocycles. The van der Waals surface area contributed by atoms with Gasteiger partial charge in [0, 0.05) is 25.5 Å². The van der Waals surface area contributed by atoms with Crippen molar-refractivity contribution in [1.82, 2.24) is 15.6 Å². The number of ether oxygens (including phenoxy) is 1. The van der Waals surface area contributed by atoms with Crippen molar-refractivity contribution in [2.24, 2.45) is 4.99 Å². The Hall–Kier alpha value is -0.810. The van der Waals surface area contributed by atoms with Crippen molar-refractivity contribution in [1.29, 1.82) is 0 Å². The van der Waals surface area contributed by atoms with E-state index in [0.29, 0.717) is 36.4 Å². The maximum absolute atomic E-state index is 11.2. The first-order chi connectivity index (χ1) is 10.8. The van der Waals surface area contributed by atoms with Gasteiger partial charge in [0.15, 0.2) is 5.96 Å². The van der Waals surface area contributed by atoms with Gasteiger partial charge in [0.05, 0.1) is 12.3 Å². The number of nitrogens with zero attached hydrogens (tertiary/aromatic N) is 2. The van der Waals surface area contributed by atoms with E-state index in [1.807, 2.05) is 6.92 Å². The zero-order chi connectivity index (χ0) is 17.3. The zero-order valence-electron chi connectivity index (χ0n) is 14.0. The molecule has 0 fully saturated rings. The second-order valence-electron chi connectivity index (χ2n) is 5.10. The van der Waals surface area contributed by atoms with Gasteiger partial charge in [0.25, 0.3) is 0 Å². The molecule has 0 saturated heterocycles. The van der Waals surface area contributed by atoms with Crippen LogP contribution in [-0.2, 0) is 9.84 Å². The summed E-state index contributed by atoms with van der Waals surface area (Å²) in [6, 6.07) is 3.43. The monoisotopic (exact) mass is 490 g/mol. The van der Waals surface area contributed by atoms with Crippen molar-refractivity contribution in [3.8, 4) is 5.88 Å². The lowest BCUT2D eigenvalue weighted by molar-refractivity contribution is 0.309. The third-order valence-corrected chi connectivity index (χ3v) is 4.15. The molecule has 1 aromatic rings. The molecule has 24 heavy (non-hydrogen) atoms. The molecule has 0 aliphatic carbocycles. The minimum atomic E-state index is -2.96. The molecule has 0 radical (unpaired) electrons. The number of rotatable bonds is 8. The number of halogens is 2. The van der Waals surface area contributed by atoms with Gasteiger partial charge in [0.1, 0.15) is 21.5 Å². The van der Waals surface area contributed by atoms with Crippen LogP contribution in [0.3, 0.4) is 0 Å². The number of pyridine rings is 1. The fourth-order valence-corrected chi connectivity index (χ4v) is 2.64. The predicted octanol–water partition coefficient (Wildman–Crippen LogP) is 1.72. The Kier molecular flexibility index (Phi) is 11.3. The van der Waals surface area contributed by atoms with Gasteiger partial charge in [-0.2, -0.15) is 0 Å². The minimum absolute atomic E-state index is 0. The molecule has 1 atom stereocenters. The summed E-state index contributed by atoms with van der Waals surface area (Å²) in [6.07, 6.45) is 3.35. The summed E-state index contributed by atoms with van der Waals surface area (Å²) in [5.74, 6) is 1.11. The van der Waals surface area contributed by atoms with E-state index in [2.05, 4.69) is 20.6 Å². The van der Waals surface area contributed by atoms with Crippen molar-refractivity contribution >= 4 is 51.4 Å². The molecule has 0 aliphatic rings. The van der Waals surface area contributed by atoms with Gasteiger partial charge >= 0.3 is 0 Å². The average Bonchev–Trinajstić information content (AvgIpc) is 2.49. The van der Waals surface area contributed by atoms with Crippen molar-refractivity contribution in [2.45, 2.75) is 19.4 Å². The van der Waals surface area contributed by atoms with Gasteiger partial charge in [-0.05, 0) is 25.5 Å². The Morgan fingerprint density at radius 1 is 1.50 bits per heavy atom. The summed E-state index contributed by atoms with van der Waals surface area (Å²) < 4.78 is 27.8. The zero-order valence-corrected chi connectivity index (χ0v) is 17.9. The fraction of sp³-hybridized carbons (Fsp3) is 0.571. The van der Waals surface area contributed by atoms with Crippen LogP contribution in [-0.4, -0.2) is 57.6 Å². The highest BCUT2D eigenvalue weighted by molar-refractivity contribution is 14.0. The third kappa shape index (κ3) is 10.1. The van der Waals surface area contributed by atoms with Crippen LogP contribution < -0.4 is 15.4 Å². The number of aromatic nitrogens is 1. The van der Waals surface area contributed by atoms with Crippen LogP contribution >= 0.6 is 35.6 Å². The van der Waals surface area contributed by atoms with E-state index in [-0.39, 0.29) is 35.8 Å². The highest BCUT2D eigenvalue weighted by Gasteiger charge is 2.09. The molecule has 0 saturated carbocycles. The fourth-order valence-electron chi connectivity index (χ4n) is 1.69. The summed E-state index contributed by atoms with van der Waals surface area (Å²) in [5, 5.41) is 6.67. The molecule has 1 heterocycles. The number of hydrogen-bond donors (Lipinski definition) is 2. The van der Waals surface area contributed by atoms with Crippen LogP contribution in [0.25, 0.3) is 0 Å². The summed E-state index contributed by atoms with van der Waals surface area (Å²) in [5.41, 5.74) is 0. The first-order valence-corrected chi connectivity index (χ1v) is 9.64. The van der Waals surface area contributed by atoms with E-state index in [1.54, 1.807) is 25.4 Å². The highest BCUT2D eigenvalue weighted by atomic mass is 127. The highest BCUT2D eigenvalue weighted by Crippen LogP contribution is 2.19. The van der Waals surface area contributed by atoms with Crippen LogP contribution in [0.5, 0.6) is 5.88 Å². The van der Waals surface area contributed by atoms with Gasteiger partial charge in [0.2, 0.25) is 5.88 Å². The van der Waals surface area contributed by atoms with E-state index < -0.39 is 9.84 Å². The second kappa shape index (κ2) is 11.7. The van der Waals surface area contributed by atoms with Crippen molar-refractivity contribution in [2.75, 3.05) is 32.2 Å². The Morgan fingerprint density at radius 2 is 2.21 bits per heavy atom. The molecule has 0 amide bonds. The van der Waals surface area contributed by atoms with Gasteiger partial charge in [-0.25, -0.2) is 13.4 Å². The number of sulfone groups is 1. The van der Waals surface area contributed by atoms with Gasteiger partial charge < -0.3 is 15.4 Å². The van der Waals surface area contributed by atoms with Crippen molar-refractivity contribution < 1.29 is 13.2 Å². The Bertz CT molecular complexity index is 628. The lowest BCUT2D eigenvalue weighted by Crippen LogP contribution is -2.44. The topological polar surface area (TPSA) is 92.7 Å². The normalized spacial score (nSPS) is 12.9. The SMILES string of the molecule is CN=C(NCCOc1ncccc1Cl)NC(C)CCS(C)(=O)=O.I. The number of aliphatic imine (C=N–C) groups is 1. The molecule has 1 aromatic heterocycles. The summed E-state index contributed by atoms with van der Waals surface area (Å²) in [6.45, 7) is 2.78. The minimum Gasteiger partial charge on any atom is -0.475 e. The molecule has 10 heteroatoms. The molecule has 1 unspecified atom stereocenters. The molecule has 1 rings (SSSR count). The van der Waals surface area contributed by atoms with Crippen LogP contribution in [0.15, 0.2) is 23.3 Å². The number of nitrogens with one attached hydrogen (secondary N) is 2. The van der Waals surface area contributed by atoms with Crippen molar-refractivity contribution in [3.63, 3.8) is 0 Å². The quantitative estimate of drug-likeness (QED) is 0.249. The molecular formula is C14H24ClIN4O3S. The second-order valence-corrected chi connectivity index (χ2v) is 7.77. The van der Waals surface area contributed by atoms with Gasteiger partial charge in [-0.15, -0.1) is 24.0 Å². The predicted molar refractivity (Wildman–Crippen MR) is 108 cm³/mol. The summed E-state index contributed by atoms with van der Waals surface area (Å²) in [7, 11) is -1.31. The smallest absolute Gasteiger partial charge is 0.232 e. The third-order valence-electron chi connectivity index (χ3n) is 2.89. The standard InChI is InChI=1S/C14H23ClN4O3S.HI/c1-11(6-10-23(3,20)21)19-14(16-2)18-8-9-22-13-12(15)5-4-7-17-13;/h4-5,7,11H,6,8-10H2,1-3H3,(H2,16,18,19);1H. The molecular weight excluding hydrogens is 467 g/mol. The molecule has 0 spiro atoms. The largest absolute Gasteiger partial charge is 0.475 e. The van der Waals surface area contributed by atoms with Crippen LogP contribution in [0.1, 0.15) is 13.3 Å². The van der Waals surface area contributed by atoms with Gasteiger partial charge in [-0.3, -0.25) is 4.99 Å². The number of guanidine groups is 1. The van der Waals surface area contributed by atoms with E-state index in [4.69, 9.17) is 16.3 Å². The average molecular weight is 491 g/mol. The summed E-state index contributed by atoms with van der Waals surface area (Å²) in [4.78, 5) is 8.11. The molecule has 138 valence electrons. The van der Waals surface area contributed by atoms with E-state index in [1.165, 1.54) is 6.26 Å². The Balaban J connectivity index is 0.00000529. The Labute approximate surface area is 165 Å². The first kappa shape index (κ1) is 23.2. The van der Waals surface area contributed by atoms with Gasteiger partial charge in [-0.1, -0.05) is 11.6 Å². The summed E-state index contributed by atoms with van der Waals surface area (Å²) >= 11 is 5.94. The van der Waals surface area contributed by atoms with E-state index in [9.17, 15) is 8.42 Å². The number of hydrogen-bond acceptors (Lipinski definition) is 5. The molecule has 7 nitrogen and oxygen atoms in total. The lowest BCUT2D eigenvalue weighted by Gasteiger charge is -2.17. The Morgan fingerprint density at radius 3 is 2.79 bits per heavy atom. The van der Waals surface area contributed by atoms with E-state index >= 15 is 0 Å². The van der Waals surface area contributed by atoms with Crippen molar-refractivity contribution in [3.05, 3.63) is 23.4 Å². The first-order valence-electron chi connectivity index (χ1n) is 7.20. The molecule has 2 N–H and O–H groups in total. The van der Waals surface area contributed by atoms with E-state index in [0.717, 1.165) is 0 Å². The van der Waals surface area contributed by atoms with Crippen LogP contribution in [0.2, 0.25) is 5.02 Å². The van der Waals surface area contributed by atoms with Crippen LogP contribution in [0, 0.1) is 0 Å². The van der Waals surface area contributed by atoms with Crippen LogP contribution in [0.4, 0.5) is 0 Å². The maximum atomic E-state index is 11.2.